The minimum Gasteiger partial charge on any atom is -0.310 e. The molecule has 68 heavy (non-hydrogen) atoms. The lowest BCUT2D eigenvalue weighted by Crippen LogP contribution is -2.14. The summed E-state index contributed by atoms with van der Waals surface area (Å²) in [5.41, 5.74) is 17.0. The van der Waals surface area contributed by atoms with Crippen LogP contribution in [0.4, 0.5) is 34.1 Å². The second-order valence-electron chi connectivity index (χ2n) is 22.8. The van der Waals surface area contributed by atoms with Gasteiger partial charge in [0.2, 0.25) is 0 Å². The number of rotatable bonds is 8. The Kier molecular flexibility index (Phi) is 12.0. The molecule has 0 radical (unpaired) electrons. The molecule has 0 unspecified atom stereocenters. The quantitative estimate of drug-likeness (QED) is 0.140. The average Bonchev–Trinajstić information content (AvgIpc) is 3.31. The number of benzene rings is 9. The van der Waals surface area contributed by atoms with Crippen molar-refractivity contribution in [1.29, 1.82) is 0 Å². The van der Waals surface area contributed by atoms with Gasteiger partial charge in [0, 0.05) is 34.1 Å². The van der Waals surface area contributed by atoms with Gasteiger partial charge in [-0.15, -0.1) is 0 Å². The van der Waals surface area contributed by atoms with Crippen molar-refractivity contribution in [2.75, 3.05) is 9.80 Å². The molecule has 2 heteroatoms. The third-order valence-corrected chi connectivity index (χ3v) is 13.7. The molecule has 0 heterocycles. The van der Waals surface area contributed by atoms with Crippen molar-refractivity contribution in [1.82, 2.24) is 0 Å². The summed E-state index contributed by atoms with van der Waals surface area (Å²) in [5.74, 6) is 0. The van der Waals surface area contributed by atoms with E-state index in [0.717, 1.165) is 34.1 Å². The highest BCUT2D eigenvalue weighted by molar-refractivity contribution is 6.22. The molecule has 0 N–H and O–H groups in total. The fourth-order valence-electron chi connectivity index (χ4n) is 9.65. The number of hydrogen-bond donors (Lipinski definition) is 0. The summed E-state index contributed by atoms with van der Waals surface area (Å²) >= 11 is 0. The fraction of sp³-hybridized carbons (Fsp3) is 0.242. The van der Waals surface area contributed by atoms with Gasteiger partial charge in [0.15, 0.2) is 0 Å². The molecule has 0 fully saturated rings. The Morgan fingerprint density at radius 3 is 0.706 bits per heavy atom. The Balaban J connectivity index is 1.32. The van der Waals surface area contributed by atoms with Gasteiger partial charge in [-0.1, -0.05) is 204 Å². The highest BCUT2D eigenvalue weighted by atomic mass is 15.1. The zero-order chi connectivity index (χ0) is 48.2. The molecular formula is C66H68N2. The maximum absolute atomic E-state index is 2.44. The maximum Gasteiger partial charge on any atom is 0.0468 e. The monoisotopic (exact) mass is 889 g/mol. The Hall–Kier alpha value is -6.90. The third-order valence-electron chi connectivity index (χ3n) is 13.7. The van der Waals surface area contributed by atoms with Crippen LogP contribution in [-0.4, -0.2) is 0 Å². The molecule has 0 aromatic heterocycles. The minimum atomic E-state index is 0.0464. The van der Waals surface area contributed by atoms with Crippen LogP contribution in [0.1, 0.15) is 105 Å². The lowest BCUT2D eigenvalue weighted by molar-refractivity contribution is 0.590. The van der Waals surface area contributed by atoms with Gasteiger partial charge < -0.3 is 9.80 Å². The Morgan fingerprint density at radius 2 is 0.471 bits per heavy atom. The molecule has 0 spiro atoms. The van der Waals surface area contributed by atoms with E-state index in [9.17, 15) is 0 Å². The molecule has 9 rings (SSSR count). The summed E-state index contributed by atoms with van der Waals surface area (Å²) in [6.07, 6.45) is 0. The molecule has 0 saturated heterocycles. The minimum absolute atomic E-state index is 0.0464. The van der Waals surface area contributed by atoms with Crippen LogP contribution in [0.3, 0.4) is 0 Å². The van der Waals surface area contributed by atoms with Crippen LogP contribution < -0.4 is 9.80 Å². The first kappa shape index (κ1) is 46.2. The summed E-state index contributed by atoms with van der Waals surface area (Å²) < 4.78 is 0. The maximum atomic E-state index is 2.44. The van der Waals surface area contributed by atoms with Gasteiger partial charge in [0.05, 0.1) is 0 Å². The van der Waals surface area contributed by atoms with Crippen LogP contribution in [0.5, 0.6) is 0 Å². The van der Waals surface area contributed by atoms with E-state index in [1.807, 2.05) is 0 Å². The fourth-order valence-corrected chi connectivity index (χ4v) is 9.65. The Morgan fingerprint density at radius 1 is 0.235 bits per heavy atom. The number of fused-ring (bicyclic) bond motifs is 2. The second-order valence-corrected chi connectivity index (χ2v) is 22.8. The second kappa shape index (κ2) is 17.6. The van der Waals surface area contributed by atoms with Gasteiger partial charge in [-0.2, -0.15) is 0 Å². The van der Waals surface area contributed by atoms with E-state index in [4.69, 9.17) is 0 Å². The van der Waals surface area contributed by atoms with Crippen LogP contribution in [0.25, 0.3) is 43.8 Å². The Labute approximate surface area is 406 Å². The molecule has 0 atom stereocenters. The summed E-state index contributed by atoms with van der Waals surface area (Å²) in [5, 5.41) is 4.85. The Bertz CT molecular complexity index is 2850. The molecule has 0 bridgehead atoms. The van der Waals surface area contributed by atoms with E-state index in [1.54, 1.807) is 0 Å². The van der Waals surface area contributed by atoms with Crippen molar-refractivity contribution >= 4 is 55.7 Å². The highest BCUT2D eigenvalue weighted by Crippen LogP contribution is 2.49. The molecule has 9 aromatic carbocycles. The smallest absolute Gasteiger partial charge is 0.0468 e. The zero-order valence-corrected chi connectivity index (χ0v) is 42.4. The molecular weight excluding hydrogens is 821 g/mol. The van der Waals surface area contributed by atoms with E-state index < -0.39 is 0 Å². The lowest BCUT2D eigenvalue weighted by atomic mass is 9.85. The first-order valence-electron chi connectivity index (χ1n) is 24.4. The van der Waals surface area contributed by atoms with Crippen LogP contribution in [0.15, 0.2) is 194 Å². The van der Waals surface area contributed by atoms with E-state index in [1.165, 1.54) is 66.1 Å². The highest BCUT2D eigenvalue weighted by Gasteiger charge is 2.24. The standard InChI is InChI=1S/C66H68N2/c1-63(2,3)47-23-31-51(32-24-47)67(52-33-25-48(26-34-52)64(4,5)6)55-39-41-57-59(43-55)61(45-19-15-13-16-20-45)58-42-40-56(44-60(58)62(57)46-21-17-14-18-22-46)68(53-35-27-49(28-36-53)65(7,8)9)54-37-29-50(30-38-54)66(10,11)12/h13-44H,1-12H3. The van der Waals surface area contributed by atoms with Crippen LogP contribution in [-0.2, 0) is 21.7 Å². The van der Waals surface area contributed by atoms with Gasteiger partial charge >= 0.3 is 0 Å². The molecule has 0 aliphatic heterocycles. The van der Waals surface area contributed by atoms with E-state index in [0.29, 0.717) is 0 Å². The lowest BCUT2D eigenvalue weighted by Gasteiger charge is -2.29. The molecule has 0 saturated carbocycles. The zero-order valence-electron chi connectivity index (χ0n) is 42.4. The van der Waals surface area contributed by atoms with Crippen molar-refractivity contribution in [2.24, 2.45) is 0 Å². The third kappa shape index (κ3) is 9.22. The SMILES string of the molecule is CC(C)(C)c1ccc(N(c2ccc(C(C)(C)C)cc2)c2ccc3c(-c4ccccc4)c4cc(N(c5ccc(C(C)(C)C)cc5)c5ccc(C(C)(C)C)cc5)ccc4c(-c4ccccc4)c3c2)cc1. The number of hydrogen-bond acceptors (Lipinski definition) is 2. The van der Waals surface area contributed by atoms with Gasteiger partial charge in [0.25, 0.3) is 0 Å². The topological polar surface area (TPSA) is 6.48 Å². The average molecular weight is 889 g/mol. The number of nitrogens with zero attached hydrogens (tertiary/aromatic N) is 2. The largest absolute Gasteiger partial charge is 0.310 e. The van der Waals surface area contributed by atoms with Crippen molar-refractivity contribution in [3.63, 3.8) is 0 Å². The molecule has 0 aliphatic rings. The van der Waals surface area contributed by atoms with Crippen molar-refractivity contribution in [3.05, 3.63) is 216 Å². The van der Waals surface area contributed by atoms with E-state index in [-0.39, 0.29) is 21.7 Å². The first-order chi connectivity index (χ1) is 32.3. The predicted octanol–water partition coefficient (Wildman–Crippen LogP) is 19.5. The van der Waals surface area contributed by atoms with Crippen LogP contribution in [0, 0.1) is 0 Å². The van der Waals surface area contributed by atoms with Crippen molar-refractivity contribution in [2.45, 2.75) is 105 Å². The van der Waals surface area contributed by atoms with Crippen molar-refractivity contribution < 1.29 is 0 Å². The van der Waals surface area contributed by atoms with Gasteiger partial charge in [-0.25, -0.2) is 0 Å². The number of anilines is 6. The predicted molar refractivity (Wildman–Crippen MR) is 296 cm³/mol. The molecule has 0 amide bonds. The summed E-state index contributed by atoms with van der Waals surface area (Å²) in [6, 6.07) is 72.9. The van der Waals surface area contributed by atoms with Gasteiger partial charge in [-0.05, 0) is 161 Å². The van der Waals surface area contributed by atoms with Gasteiger partial charge in [-0.3, -0.25) is 0 Å². The van der Waals surface area contributed by atoms with Crippen LogP contribution in [0.2, 0.25) is 0 Å². The van der Waals surface area contributed by atoms with Crippen LogP contribution >= 0.6 is 0 Å². The van der Waals surface area contributed by atoms with E-state index >= 15 is 0 Å². The van der Waals surface area contributed by atoms with E-state index in [2.05, 4.69) is 287 Å². The summed E-state index contributed by atoms with van der Waals surface area (Å²) in [4.78, 5) is 4.85. The molecule has 342 valence electrons. The summed E-state index contributed by atoms with van der Waals surface area (Å²) in [7, 11) is 0. The van der Waals surface area contributed by atoms with Gasteiger partial charge in [0.1, 0.15) is 0 Å². The molecule has 9 aromatic rings. The van der Waals surface area contributed by atoms with Crippen molar-refractivity contribution in [3.8, 4) is 22.3 Å². The normalized spacial score (nSPS) is 12.4. The summed E-state index contributed by atoms with van der Waals surface area (Å²) in [6.45, 7) is 27.4. The first-order valence-corrected chi connectivity index (χ1v) is 24.4. The molecule has 0 aliphatic carbocycles. The molecule has 2 nitrogen and oxygen atoms in total.